The molecule has 0 aromatic carbocycles. The highest BCUT2D eigenvalue weighted by molar-refractivity contribution is 7.09. The molecule has 2 nitrogen and oxygen atoms in total. The summed E-state index contributed by atoms with van der Waals surface area (Å²) < 4.78 is 0. The van der Waals surface area contributed by atoms with Crippen LogP contribution >= 0.6 is 11.3 Å². The van der Waals surface area contributed by atoms with Crippen molar-refractivity contribution in [2.45, 2.75) is 32.2 Å². The molecule has 1 aromatic rings. The third-order valence-electron chi connectivity index (χ3n) is 2.42. The van der Waals surface area contributed by atoms with E-state index in [2.05, 4.69) is 29.8 Å². The van der Waals surface area contributed by atoms with E-state index >= 15 is 0 Å². The monoisotopic (exact) mass is 209 g/mol. The van der Waals surface area contributed by atoms with Crippen molar-refractivity contribution in [2.75, 3.05) is 0 Å². The summed E-state index contributed by atoms with van der Waals surface area (Å²) in [7, 11) is 0. The molecule has 1 saturated carbocycles. The van der Waals surface area contributed by atoms with Gasteiger partial charge in [-0.3, -0.25) is 4.79 Å². The van der Waals surface area contributed by atoms with Crippen LogP contribution in [-0.4, -0.2) is 11.9 Å². The third kappa shape index (κ3) is 2.58. The molecule has 3 heteroatoms. The molecule has 1 heterocycles. The zero-order valence-corrected chi connectivity index (χ0v) is 9.14. The van der Waals surface area contributed by atoms with Gasteiger partial charge < -0.3 is 5.32 Å². The van der Waals surface area contributed by atoms with Gasteiger partial charge in [0, 0.05) is 23.3 Å². The fraction of sp³-hybridized carbons (Fsp3) is 0.545. The summed E-state index contributed by atoms with van der Waals surface area (Å²) >= 11 is 1.75. The van der Waals surface area contributed by atoms with Crippen LogP contribution in [0.4, 0.5) is 0 Å². The fourth-order valence-electron chi connectivity index (χ4n) is 1.49. The number of rotatable bonds is 4. The van der Waals surface area contributed by atoms with Crippen LogP contribution in [0.1, 0.15) is 24.6 Å². The van der Waals surface area contributed by atoms with E-state index in [9.17, 15) is 4.79 Å². The molecule has 0 aliphatic heterocycles. The van der Waals surface area contributed by atoms with Crippen LogP contribution in [0.5, 0.6) is 0 Å². The van der Waals surface area contributed by atoms with Gasteiger partial charge in [0.2, 0.25) is 5.91 Å². The molecule has 1 fully saturated rings. The Morgan fingerprint density at radius 3 is 3.07 bits per heavy atom. The number of amides is 1. The number of hydrogen-bond donors (Lipinski definition) is 1. The Morgan fingerprint density at radius 1 is 1.71 bits per heavy atom. The van der Waals surface area contributed by atoms with Gasteiger partial charge in [-0.05, 0) is 31.2 Å². The fourth-order valence-corrected chi connectivity index (χ4v) is 2.32. The molecule has 1 aliphatic carbocycles. The summed E-state index contributed by atoms with van der Waals surface area (Å²) in [5.41, 5.74) is 0. The normalized spacial score (nSPS) is 17.8. The van der Waals surface area contributed by atoms with Crippen molar-refractivity contribution < 1.29 is 4.79 Å². The molecular formula is C11H15NOS. The van der Waals surface area contributed by atoms with Gasteiger partial charge in [0.15, 0.2) is 0 Å². The number of carbonyl (C=O) groups is 1. The molecule has 1 aromatic heterocycles. The van der Waals surface area contributed by atoms with Gasteiger partial charge >= 0.3 is 0 Å². The lowest BCUT2D eigenvalue weighted by Gasteiger charge is -2.12. The number of thiophene rings is 1. The van der Waals surface area contributed by atoms with Gasteiger partial charge in [-0.1, -0.05) is 6.07 Å². The quantitative estimate of drug-likeness (QED) is 0.809. The molecule has 0 radical (unpaired) electrons. The lowest BCUT2D eigenvalue weighted by atomic mass is 10.2. The lowest BCUT2D eigenvalue weighted by Crippen LogP contribution is -2.34. The van der Waals surface area contributed by atoms with Crippen molar-refractivity contribution in [2.24, 2.45) is 5.92 Å². The van der Waals surface area contributed by atoms with E-state index in [4.69, 9.17) is 0 Å². The van der Waals surface area contributed by atoms with Crippen LogP contribution in [0.25, 0.3) is 0 Å². The molecule has 1 amide bonds. The zero-order valence-electron chi connectivity index (χ0n) is 8.32. The number of nitrogens with one attached hydrogen (secondary N) is 1. The van der Waals surface area contributed by atoms with Crippen LogP contribution in [-0.2, 0) is 11.2 Å². The summed E-state index contributed by atoms with van der Waals surface area (Å²) in [6.07, 6.45) is 3.12. The second-order valence-corrected chi connectivity index (χ2v) is 5.00. The van der Waals surface area contributed by atoms with Crippen LogP contribution < -0.4 is 5.32 Å². The van der Waals surface area contributed by atoms with Gasteiger partial charge in [0.1, 0.15) is 0 Å². The first-order valence-electron chi connectivity index (χ1n) is 5.08. The smallest absolute Gasteiger partial charge is 0.223 e. The standard InChI is InChI=1S/C11H15NOS/c1-8(7-10-3-2-6-14-10)12-11(13)9-4-5-9/h2-3,6,8-9H,4-5,7H2,1H3,(H,12,13)/t8-/m0/s1. The van der Waals surface area contributed by atoms with Crippen molar-refractivity contribution in [3.63, 3.8) is 0 Å². The van der Waals surface area contributed by atoms with E-state index in [1.54, 1.807) is 11.3 Å². The summed E-state index contributed by atoms with van der Waals surface area (Å²) in [4.78, 5) is 12.8. The van der Waals surface area contributed by atoms with Crippen molar-refractivity contribution in [3.05, 3.63) is 22.4 Å². The highest BCUT2D eigenvalue weighted by Crippen LogP contribution is 2.29. The average molecular weight is 209 g/mol. The minimum absolute atomic E-state index is 0.244. The van der Waals surface area contributed by atoms with Crippen LogP contribution in [0.3, 0.4) is 0 Å². The van der Waals surface area contributed by atoms with Crippen LogP contribution in [0, 0.1) is 5.92 Å². The summed E-state index contributed by atoms with van der Waals surface area (Å²) in [5, 5.41) is 5.12. The van der Waals surface area contributed by atoms with Crippen LogP contribution in [0.2, 0.25) is 0 Å². The van der Waals surface area contributed by atoms with Gasteiger partial charge in [0.05, 0.1) is 0 Å². The maximum atomic E-state index is 11.4. The molecule has 1 N–H and O–H groups in total. The van der Waals surface area contributed by atoms with Gasteiger partial charge in [-0.25, -0.2) is 0 Å². The van der Waals surface area contributed by atoms with E-state index in [0.717, 1.165) is 19.3 Å². The van der Waals surface area contributed by atoms with Crippen molar-refractivity contribution in [3.8, 4) is 0 Å². The molecule has 2 rings (SSSR count). The van der Waals surface area contributed by atoms with E-state index in [1.165, 1.54) is 4.88 Å². The van der Waals surface area contributed by atoms with Crippen molar-refractivity contribution >= 4 is 17.2 Å². The average Bonchev–Trinajstić information content (AvgIpc) is 2.87. The van der Waals surface area contributed by atoms with Gasteiger partial charge in [-0.15, -0.1) is 11.3 Å². The van der Waals surface area contributed by atoms with Crippen LogP contribution in [0.15, 0.2) is 17.5 Å². The topological polar surface area (TPSA) is 29.1 Å². The minimum Gasteiger partial charge on any atom is -0.353 e. The highest BCUT2D eigenvalue weighted by atomic mass is 32.1. The van der Waals surface area contributed by atoms with E-state index in [-0.39, 0.29) is 11.9 Å². The maximum absolute atomic E-state index is 11.4. The first kappa shape index (κ1) is 9.71. The second-order valence-electron chi connectivity index (χ2n) is 3.97. The molecule has 1 atom stereocenters. The molecule has 0 saturated heterocycles. The summed E-state index contributed by atoms with van der Waals surface area (Å²) in [6.45, 7) is 2.07. The minimum atomic E-state index is 0.244. The van der Waals surface area contributed by atoms with E-state index in [1.807, 2.05) is 0 Å². The van der Waals surface area contributed by atoms with Crippen molar-refractivity contribution in [1.29, 1.82) is 0 Å². The Labute approximate surface area is 88.3 Å². The first-order valence-corrected chi connectivity index (χ1v) is 5.96. The Bertz CT molecular complexity index is 303. The lowest BCUT2D eigenvalue weighted by molar-refractivity contribution is -0.122. The molecule has 1 aliphatic rings. The predicted octanol–water partition coefficient (Wildman–Crippen LogP) is 2.21. The number of carbonyl (C=O) groups excluding carboxylic acids is 1. The molecule has 0 spiro atoms. The number of hydrogen-bond acceptors (Lipinski definition) is 2. The zero-order chi connectivity index (χ0) is 9.97. The first-order chi connectivity index (χ1) is 6.75. The van der Waals surface area contributed by atoms with Crippen molar-refractivity contribution in [1.82, 2.24) is 5.32 Å². The van der Waals surface area contributed by atoms with Gasteiger partial charge in [0.25, 0.3) is 0 Å². The summed E-state index contributed by atoms with van der Waals surface area (Å²) in [5.74, 6) is 0.565. The Kier molecular flexibility index (Phi) is 2.87. The third-order valence-corrected chi connectivity index (χ3v) is 3.32. The Balaban J connectivity index is 1.78. The van der Waals surface area contributed by atoms with Gasteiger partial charge in [-0.2, -0.15) is 0 Å². The van der Waals surface area contributed by atoms with E-state index < -0.39 is 0 Å². The SMILES string of the molecule is C[C@@H](Cc1cccs1)NC(=O)C1CC1. The molecule has 14 heavy (non-hydrogen) atoms. The Hall–Kier alpha value is -0.830. The molecule has 0 unspecified atom stereocenters. The summed E-state index contributed by atoms with van der Waals surface area (Å²) in [6, 6.07) is 4.43. The molecule has 76 valence electrons. The molecular weight excluding hydrogens is 194 g/mol. The maximum Gasteiger partial charge on any atom is 0.223 e. The largest absolute Gasteiger partial charge is 0.353 e. The second kappa shape index (κ2) is 4.13. The van der Waals surface area contributed by atoms with E-state index in [0.29, 0.717) is 5.92 Å². The predicted molar refractivity (Wildman–Crippen MR) is 58.4 cm³/mol. The molecule has 0 bridgehead atoms. The Morgan fingerprint density at radius 2 is 2.50 bits per heavy atom. The highest BCUT2D eigenvalue weighted by Gasteiger charge is 2.30.